The third kappa shape index (κ3) is 5.93. The first kappa shape index (κ1) is 23.9. The first-order valence-corrected chi connectivity index (χ1v) is 10.7. The summed E-state index contributed by atoms with van der Waals surface area (Å²) in [6, 6.07) is 17.3. The zero-order valence-corrected chi connectivity index (χ0v) is 19.5. The first-order chi connectivity index (χ1) is 16.0. The molecule has 8 heteroatoms. The van der Waals surface area contributed by atoms with Gasteiger partial charge in [-0.15, -0.1) is 0 Å². The number of ether oxygens (including phenoxy) is 2. The van der Waals surface area contributed by atoms with E-state index in [1.165, 1.54) is 6.08 Å². The van der Waals surface area contributed by atoms with Gasteiger partial charge in [0.15, 0.2) is 11.5 Å². The van der Waals surface area contributed by atoms with Crippen LogP contribution in [0.15, 0.2) is 54.1 Å². The van der Waals surface area contributed by atoms with Crippen molar-refractivity contribution in [2.75, 3.05) is 20.8 Å². The van der Waals surface area contributed by atoms with E-state index in [4.69, 9.17) is 21.1 Å². The lowest BCUT2D eigenvalue weighted by Crippen LogP contribution is -2.26. The van der Waals surface area contributed by atoms with Crippen LogP contribution in [-0.4, -0.2) is 36.5 Å². The monoisotopic (exact) mass is 464 g/mol. The summed E-state index contributed by atoms with van der Waals surface area (Å²) in [5.41, 5.74) is 3.18. The van der Waals surface area contributed by atoms with Gasteiger partial charge in [0.25, 0.3) is 5.91 Å². The third-order valence-electron chi connectivity index (χ3n) is 5.09. The number of nitrogens with zero attached hydrogens (tertiary/aromatic N) is 3. The summed E-state index contributed by atoms with van der Waals surface area (Å²) >= 11 is 6.52. The number of carbonyl (C=O) groups excluding carboxylic acids is 1. The summed E-state index contributed by atoms with van der Waals surface area (Å²) in [4.78, 5) is 12.6. The summed E-state index contributed by atoms with van der Waals surface area (Å²) in [6.07, 6.45) is 2.05. The number of nitrogens with one attached hydrogen (secondary N) is 1. The van der Waals surface area contributed by atoms with Crippen LogP contribution in [-0.2, 0) is 17.8 Å². The van der Waals surface area contributed by atoms with Crippen LogP contribution in [0.1, 0.15) is 22.4 Å². The van der Waals surface area contributed by atoms with Crippen molar-refractivity contribution < 1.29 is 14.3 Å². The lowest BCUT2D eigenvalue weighted by atomic mass is 10.1. The molecule has 3 rings (SSSR count). The molecule has 0 fully saturated rings. The van der Waals surface area contributed by atoms with Crippen molar-refractivity contribution in [3.8, 4) is 17.6 Å². The second-order valence-corrected chi connectivity index (χ2v) is 7.66. The molecule has 0 spiro atoms. The topological polar surface area (TPSA) is 89.2 Å². The van der Waals surface area contributed by atoms with Crippen molar-refractivity contribution >= 4 is 23.6 Å². The van der Waals surface area contributed by atoms with Crippen molar-refractivity contribution in [1.29, 1.82) is 5.26 Å². The van der Waals surface area contributed by atoms with E-state index in [1.54, 1.807) is 25.8 Å². The number of aryl methyl sites for hydroxylation is 1. The normalized spacial score (nSPS) is 11.1. The smallest absolute Gasteiger partial charge is 0.261 e. The molecule has 0 aliphatic carbocycles. The van der Waals surface area contributed by atoms with Gasteiger partial charge >= 0.3 is 0 Å². The Balaban J connectivity index is 1.68. The number of hydrogen-bond acceptors (Lipinski definition) is 5. The number of aromatic nitrogens is 2. The second kappa shape index (κ2) is 11.2. The number of nitriles is 1. The molecule has 3 aromatic rings. The molecule has 1 aromatic heterocycles. The van der Waals surface area contributed by atoms with Crippen molar-refractivity contribution in [2.24, 2.45) is 0 Å². The molecule has 0 aliphatic rings. The van der Waals surface area contributed by atoms with E-state index in [9.17, 15) is 10.1 Å². The Morgan fingerprint density at radius 2 is 1.88 bits per heavy atom. The largest absolute Gasteiger partial charge is 0.493 e. The standard InChI is InChI=1S/C25H25ClN4O3/c1-17-21(24(26)30(29-17)16-19-7-5-4-6-8-19)14-20(15-27)25(31)28-12-11-18-9-10-22(32-2)23(13-18)33-3/h4-10,13-14H,11-12,16H2,1-3H3,(H,28,31)/b20-14+. The lowest BCUT2D eigenvalue weighted by Gasteiger charge is -2.10. The average Bonchev–Trinajstić information content (AvgIpc) is 3.09. The summed E-state index contributed by atoms with van der Waals surface area (Å²) in [7, 11) is 3.15. The molecular formula is C25H25ClN4O3. The number of halogens is 1. The van der Waals surface area contributed by atoms with Crippen molar-refractivity contribution in [3.05, 3.63) is 81.6 Å². The molecule has 1 amide bonds. The maximum Gasteiger partial charge on any atom is 0.261 e. The SMILES string of the molecule is COc1ccc(CCNC(=O)/C(C#N)=C/c2c(C)nn(Cc3ccccc3)c2Cl)cc1OC. The Hall–Kier alpha value is -3.76. The molecule has 0 atom stereocenters. The highest BCUT2D eigenvalue weighted by atomic mass is 35.5. The van der Waals surface area contributed by atoms with Crippen molar-refractivity contribution in [1.82, 2.24) is 15.1 Å². The zero-order chi connectivity index (χ0) is 23.8. The second-order valence-electron chi connectivity index (χ2n) is 7.30. The van der Waals surface area contributed by atoms with Crippen LogP contribution in [0.4, 0.5) is 0 Å². The van der Waals surface area contributed by atoms with Crippen LogP contribution in [0, 0.1) is 18.3 Å². The first-order valence-electron chi connectivity index (χ1n) is 10.3. The van der Waals surface area contributed by atoms with Gasteiger partial charge in [-0.3, -0.25) is 4.79 Å². The number of methoxy groups -OCH3 is 2. The highest BCUT2D eigenvalue weighted by Crippen LogP contribution is 2.27. The molecular weight excluding hydrogens is 440 g/mol. The highest BCUT2D eigenvalue weighted by molar-refractivity contribution is 6.31. The van der Waals surface area contributed by atoms with E-state index in [-0.39, 0.29) is 5.57 Å². The fraction of sp³-hybridized carbons (Fsp3) is 0.240. The number of carbonyl (C=O) groups is 1. The minimum Gasteiger partial charge on any atom is -0.493 e. The van der Waals surface area contributed by atoms with Gasteiger partial charge in [0.1, 0.15) is 16.8 Å². The van der Waals surface area contributed by atoms with Crippen LogP contribution in [0.3, 0.4) is 0 Å². The number of hydrogen-bond donors (Lipinski definition) is 1. The van der Waals surface area contributed by atoms with Gasteiger partial charge in [0.2, 0.25) is 0 Å². The number of rotatable bonds is 9. The summed E-state index contributed by atoms with van der Waals surface area (Å²) in [6.45, 7) is 2.64. The van der Waals surface area contributed by atoms with E-state index in [2.05, 4.69) is 10.4 Å². The maximum absolute atomic E-state index is 12.6. The van der Waals surface area contributed by atoms with Gasteiger partial charge in [-0.2, -0.15) is 10.4 Å². The molecule has 0 radical (unpaired) electrons. The minimum absolute atomic E-state index is 0.0356. The van der Waals surface area contributed by atoms with Crippen LogP contribution in [0.25, 0.3) is 6.08 Å². The van der Waals surface area contributed by atoms with Gasteiger partial charge in [-0.25, -0.2) is 4.68 Å². The summed E-state index contributed by atoms with van der Waals surface area (Å²) < 4.78 is 12.2. The van der Waals surface area contributed by atoms with Crippen LogP contribution in [0.5, 0.6) is 11.5 Å². The molecule has 33 heavy (non-hydrogen) atoms. The molecule has 0 saturated heterocycles. The van der Waals surface area contributed by atoms with E-state index in [0.717, 1.165) is 11.1 Å². The molecule has 2 aromatic carbocycles. The molecule has 0 aliphatic heterocycles. The predicted octanol–water partition coefficient (Wildman–Crippen LogP) is 4.18. The highest BCUT2D eigenvalue weighted by Gasteiger charge is 2.16. The van der Waals surface area contributed by atoms with Gasteiger partial charge < -0.3 is 14.8 Å². The van der Waals surface area contributed by atoms with Crippen molar-refractivity contribution in [3.63, 3.8) is 0 Å². The molecule has 0 unspecified atom stereocenters. The Labute approximate surface area is 198 Å². The van der Waals surface area contributed by atoms with E-state index in [0.29, 0.717) is 47.4 Å². The number of benzene rings is 2. The van der Waals surface area contributed by atoms with E-state index < -0.39 is 5.91 Å². The van der Waals surface area contributed by atoms with Gasteiger partial charge in [-0.05, 0) is 42.7 Å². The molecule has 7 nitrogen and oxygen atoms in total. The van der Waals surface area contributed by atoms with Crippen LogP contribution in [0.2, 0.25) is 5.15 Å². The maximum atomic E-state index is 12.6. The van der Waals surface area contributed by atoms with Crippen LogP contribution < -0.4 is 14.8 Å². The molecule has 0 bridgehead atoms. The van der Waals surface area contributed by atoms with Gasteiger partial charge in [0, 0.05) is 12.1 Å². The summed E-state index contributed by atoms with van der Waals surface area (Å²) in [5.74, 6) is 0.792. The lowest BCUT2D eigenvalue weighted by molar-refractivity contribution is -0.117. The molecule has 1 N–H and O–H groups in total. The third-order valence-corrected chi connectivity index (χ3v) is 5.48. The van der Waals surface area contributed by atoms with Gasteiger partial charge in [0.05, 0.1) is 26.5 Å². The molecule has 1 heterocycles. The minimum atomic E-state index is -0.468. The predicted molar refractivity (Wildman–Crippen MR) is 127 cm³/mol. The van der Waals surface area contributed by atoms with Crippen LogP contribution >= 0.6 is 11.6 Å². The summed E-state index contributed by atoms with van der Waals surface area (Å²) in [5, 5.41) is 17.2. The molecule has 170 valence electrons. The quantitative estimate of drug-likeness (QED) is 0.379. The molecule has 0 saturated carbocycles. The Kier molecular flexibility index (Phi) is 8.11. The van der Waals surface area contributed by atoms with Gasteiger partial charge in [-0.1, -0.05) is 48.0 Å². The van der Waals surface area contributed by atoms with Crippen molar-refractivity contribution in [2.45, 2.75) is 19.9 Å². The van der Waals surface area contributed by atoms with E-state index >= 15 is 0 Å². The Morgan fingerprint density at radius 1 is 1.15 bits per heavy atom. The fourth-order valence-electron chi connectivity index (χ4n) is 3.34. The Morgan fingerprint density at radius 3 is 2.55 bits per heavy atom. The average molecular weight is 465 g/mol. The number of amides is 1. The van der Waals surface area contributed by atoms with E-state index in [1.807, 2.05) is 54.6 Å². The fourth-order valence-corrected chi connectivity index (χ4v) is 3.63. The zero-order valence-electron chi connectivity index (χ0n) is 18.8. The Bertz CT molecular complexity index is 1200.